The summed E-state index contributed by atoms with van der Waals surface area (Å²) >= 11 is 0. The molecule has 0 aliphatic carbocycles. The summed E-state index contributed by atoms with van der Waals surface area (Å²) < 4.78 is 1.78. The van der Waals surface area contributed by atoms with Gasteiger partial charge in [0.05, 0.1) is 5.69 Å². The van der Waals surface area contributed by atoms with Gasteiger partial charge in [-0.25, -0.2) is 0 Å². The van der Waals surface area contributed by atoms with Crippen LogP contribution in [0.4, 0.5) is 0 Å². The molecule has 0 unspecified atom stereocenters. The van der Waals surface area contributed by atoms with Gasteiger partial charge in [-0.1, -0.05) is 29.8 Å². The van der Waals surface area contributed by atoms with Crippen LogP contribution < -0.4 is 0 Å². The first kappa shape index (κ1) is 12.6. The highest BCUT2D eigenvalue weighted by Crippen LogP contribution is 2.08. The van der Waals surface area contributed by atoms with Crippen molar-refractivity contribution < 1.29 is 4.79 Å². The molecule has 0 fully saturated rings. The summed E-state index contributed by atoms with van der Waals surface area (Å²) in [5.74, 6) is 0.226. The number of hydrogen-bond acceptors (Lipinski definition) is 2. The summed E-state index contributed by atoms with van der Waals surface area (Å²) in [6.07, 6.45) is 0.942. The maximum absolute atomic E-state index is 12.0. The highest BCUT2D eigenvalue weighted by atomic mass is 16.1. The van der Waals surface area contributed by atoms with Crippen LogP contribution in [0.1, 0.15) is 22.5 Å². The Morgan fingerprint density at radius 3 is 2.61 bits per heavy atom. The maximum atomic E-state index is 12.0. The first-order valence-corrected chi connectivity index (χ1v) is 6.11. The lowest BCUT2D eigenvalue weighted by atomic mass is 10.0. The standard InChI is InChI=1S/C15H18N2O/c1-11-5-4-6-13(7-11)9-15(18)10-14-8-12(2)16-17(14)3/h4-8H,9-10H2,1-3H3. The number of Topliss-reactive ketones (excluding diaryl/α,β-unsaturated/α-hetero) is 1. The van der Waals surface area contributed by atoms with Crippen molar-refractivity contribution in [3.63, 3.8) is 0 Å². The molecule has 0 bridgehead atoms. The van der Waals surface area contributed by atoms with Gasteiger partial charge in [-0.3, -0.25) is 9.48 Å². The largest absolute Gasteiger partial charge is 0.299 e. The first-order chi connectivity index (χ1) is 8.54. The number of aromatic nitrogens is 2. The Labute approximate surface area is 107 Å². The van der Waals surface area contributed by atoms with Crippen LogP contribution >= 0.6 is 0 Å². The van der Waals surface area contributed by atoms with Gasteiger partial charge in [0.1, 0.15) is 5.78 Å². The van der Waals surface area contributed by atoms with E-state index in [4.69, 9.17) is 0 Å². The molecule has 3 nitrogen and oxygen atoms in total. The third-order valence-corrected chi connectivity index (χ3v) is 2.96. The number of ketones is 1. The summed E-state index contributed by atoms with van der Waals surface area (Å²) in [6.45, 7) is 3.98. The molecular formula is C15H18N2O. The van der Waals surface area contributed by atoms with Gasteiger partial charge in [-0.15, -0.1) is 0 Å². The van der Waals surface area contributed by atoms with Gasteiger partial charge >= 0.3 is 0 Å². The van der Waals surface area contributed by atoms with Crippen LogP contribution in [0.2, 0.25) is 0 Å². The van der Waals surface area contributed by atoms with Crippen molar-refractivity contribution in [2.75, 3.05) is 0 Å². The van der Waals surface area contributed by atoms with Crippen LogP contribution in [-0.2, 0) is 24.7 Å². The quantitative estimate of drug-likeness (QED) is 0.825. The highest BCUT2D eigenvalue weighted by molar-refractivity contribution is 5.82. The topological polar surface area (TPSA) is 34.9 Å². The summed E-state index contributed by atoms with van der Waals surface area (Å²) in [7, 11) is 1.88. The van der Waals surface area contributed by atoms with Gasteiger partial charge in [0.2, 0.25) is 0 Å². The van der Waals surface area contributed by atoms with E-state index in [0.29, 0.717) is 12.8 Å². The van der Waals surface area contributed by atoms with Crippen LogP contribution in [0.25, 0.3) is 0 Å². The van der Waals surface area contributed by atoms with E-state index in [9.17, 15) is 4.79 Å². The van der Waals surface area contributed by atoms with Gasteiger partial charge in [0.15, 0.2) is 0 Å². The number of carbonyl (C=O) groups is 1. The third kappa shape index (κ3) is 3.06. The summed E-state index contributed by atoms with van der Waals surface area (Å²) in [5, 5.41) is 4.25. The molecule has 1 heterocycles. The second-order valence-electron chi connectivity index (χ2n) is 4.78. The predicted molar refractivity (Wildman–Crippen MR) is 71.5 cm³/mol. The Morgan fingerprint density at radius 1 is 1.22 bits per heavy atom. The molecule has 0 N–H and O–H groups in total. The molecule has 2 aromatic rings. The number of aryl methyl sites for hydroxylation is 3. The van der Waals surface area contributed by atoms with Crippen molar-refractivity contribution >= 4 is 5.78 Å². The van der Waals surface area contributed by atoms with E-state index < -0.39 is 0 Å². The molecule has 0 spiro atoms. The molecule has 0 saturated heterocycles. The minimum Gasteiger partial charge on any atom is -0.299 e. The van der Waals surface area contributed by atoms with Crippen molar-refractivity contribution in [1.82, 2.24) is 9.78 Å². The maximum Gasteiger partial charge on any atom is 0.143 e. The molecule has 0 saturated carbocycles. The number of rotatable bonds is 4. The lowest BCUT2D eigenvalue weighted by molar-refractivity contribution is -0.117. The molecule has 0 aliphatic rings. The van der Waals surface area contributed by atoms with Crippen LogP contribution in [-0.4, -0.2) is 15.6 Å². The molecule has 2 rings (SSSR count). The Hall–Kier alpha value is -1.90. The van der Waals surface area contributed by atoms with E-state index in [-0.39, 0.29) is 5.78 Å². The fraction of sp³-hybridized carbons (Fsp3) is 0.333. The zero-order valence-electron chi connectivity index (χ0n) is 11.1. The second-order valence-corrected chi connectivity index (χ2v) is 4.78. The smallest absolute Gasteiger partial charge is 0.143 e. The fourth-order valence-corrected chi connectivity index (χ4v) is 2.14. The third-order valence-electron chi connectivity index (χ3n) is 2.96. The lowest BCUT2D eigenvalue weighted by Gasteiger charge is -2.03. The molecule has 3 heteroatoms. The van der Waals surface area contributed by atoms with E-state index in [0.717, 1.165) is 17.0 Å². The number of benzene rings is 1. The van der Waals surface area contributed by atoms with Crippen LogP contribution in [0.3, 0.4) is 0 Å². The number of hydrogen-bond donors (Lipinski definition) is 0. The van der Waals surface area contributed by atoms with E-state index in [1.807, 2.05) is 45.2 Å². The average molecular weight is 242 g/mol. The van der Waals surface area contributed by atoms with E-state index in [1.54, 1.807) is 4.68 Å². The fourth-order valence-electron chi connectivity index (χ4n) is 2.14. The van der Waals surface area contributed by atoms with Crippen molar-refractivity contribution in [1.29, 1.82) is 0 Å². The summed E-state index contributed by atoms with van der Waals surface area (Å²) in [6, 6.07) is 10.1. The number of nitrogens with zero attached hydrogens (tertiary/aromatic N) is 2. The van der Waals surface area contributed by atoms with Gasteiger partial charge in [0.25, 0.3) is 0 Å². The monoisotopic (exact) mass is 242 g/mol. The van der Waals surface area contributed by atoms with Gasteiger partial charge in [-0.2, -0.15) is 5.10 Å². The lowest BCUT2D eigenvalue weighted by Crippen LogP contribution is -2.10. The van der Waals surface area contributed by atoms with Gasteiger partial charge in [-0.05, 0) is 25.5 Å². The molecule has 0 aliphatic heterocycles. The first-order valence-electron chi connectivity index (χ1n) is 6.11. The average Bonchev–Trinajstić information content (AvgIpc) is 2.57. The Morgan fingerprint density at radius 2 is 2.00 bits per heavy atom. The van der Waals surface area contributed by atoms with Gasteiger partial charge in [0, 0.05) is 25.6 Å². The second kappa shape index (κ2) is 5.17. The molecule has 94 valence electrons. The van der Waals surface area contributed by atoms with Crippen molar-refractivity contribution in [2.45, 2.75) is 26.7 Å². The van der Waals surface area contributed by atoms with Crippen molar-refractivity contribution in [3.05, 3.63) is 52.8 Å². The predicted octanol–water partition coefficient (Wildman–Crippen LogP) is 2.39. The minimum absolute atomic E-state index is 0.226. The van der Waals surface area contributed by atoms with E-state index in [1.165, 1.54) is 5.56 Å². The zero-order valence-corrected chi connectivity index (χ0v) is 11.1. The number of carbonyl (C=O) groups excluding carboxylic acids is 1. The Balaban J connectivity index is 2.03. The summed E-state index contributed by atoms with van der Waals surface area (Å²) in [4.78, 5) is 12.0. The molecule has 0 amide bonds. The highest BCUT2D eigenvalue weighted by Gasteiger charge is 2.09. The van der Waals surface area contributed by atoms with E-state index in [2.05, 4.69) is 11.2 Å². The summed E-state index contributed by atoms with van der Waals surface area (Å²) in [5.41, 5.74) is 4.21. The minimum atomic E-state index is 0.226. The van der Waals surface area contributed by atoms with Gasteiger partial charge < -0.3 is 0 Å². The molecule has 0 atom stereocenters. The van der Waals surface area contributed by atoms with Crippen LogP contribution in [0.15, 0.2) is 30.3 Å². The van der Waals surface area contributed by atoms with Crippen LogP contribution in [0, 0.1) is 13.8 Å². The Bertz CT molecular complexity index is 570. The Kier molecular flexibility index (Phi) is 3.60. The van der Waals surface area contributed by atoms with Crippen molar-refractivity contribution in [3.8, 4) is 0 Å². The van der Waals surface area contributed by atoms with E-state index >= 15 is 0 Å². The molecule has 0 radical (unpaired) electrons. The van der Waals surface area contributed by atoms with Crippen LogP contribution in [0.5, 0.6) is 0 Å². The van der Waals surface area contributed by atoms with Crippen molar-refractivity contribution in [2.24, 2.45) is 7.05 Å². The molecule has 1 aromatic heterocycles. The SMILES string of the molecule is Cc1cccc(CC(=O)Cc2cc(C)nn2C)c1. The molecular weight excluding hydrogens is 224 g/mol. The molecule has 18 heavy (non-hydrogen) atoms. The normalized spacial score (nSPS) is 10.6. The zero-order chi connectivity index (χ0) is 13.1. The molecule has 1 aromatic carbocycles.